The molecule has 0 bridgehead atoms. The van der Waals surface area contributed by atoms with Gasteiger partial charge >= 0.3 is 0 Å². The molecule has 1 aliphatic heterocycles. The minimum absolute atomic E-state index is 0.0428. The fourth-order valence-electron chi connectivity index (χ4n) is 8.85. The molecule has 14 nitrogen and oxygen atoms in total. The van der Waals surface area contributed by atoms with E-state index in [0.717, 1.165) is 51.4 Å². The summed E-state index contributed by atoms with van der Waals surface area (Å²) in [4.78, 5) is 98.7. The van der Waals surface area contributed by atoms with Crippen molar-refractivity contribution in [2.45, 2.75) is 128 Å². The second-order valence-electron chi connectivity index (χ2n) is 16.3. The molecule has 2 aromatic rings. The number of para-hydroxylation sites is 1. The Balaban J connectivity index is 1.27. The second kappa shape index (κ2) is 16.3. The summed E-state index contributed by atoms with van der Waals surface area (Å²) in [6.45, 7) is 7.33. The molecule has 290 valence electrons. The maximum Gasteiger partial charge on any atom is 0.272 e. The topological polar surface area (TPSA) is 189 Å². The van der Waals surface area contributed by atoms with Gasteiger partial charge in [-0.3, -0.25) is 33.8 Å². The van der Waals surface area contributed by atoms with Crippen LogP contribution in [0.15, 0.2) is 48.9 Å². The average molecular weight is 744 g/mol. The molecule has 1 aromatic carbocycles. The molecule has 0 radical (unpaired) electrons. The Hall–Kier alpha value is -4.72. The fourth-order valence-corrected chi connectivity index (χ4v) is 8.85. The van der Waals surface area contributed by atoms with Crippen molar-refractivity contribution in [2.75, 3.05) is 0 Å². The van der Waals surface area contributed by atoms with E-state index in [9.17, 15) is 24.0 Å². The minimum Gasteiger partial charge on any atom is -0.406 e. The van der Waals surface area contributed by atoms with Crippen LogP contribution in [0.4, 0.5) is 0 Å². The Bertz CT molecular complexity index is 1710. The number of hydrogen-bond donors (Lipinski definition) is 4. The van der Waals surface area contributed by atoms with Gasteiger partial charge in [-0.2, -0.15) is 0 Å². The molecule has 7 atom stereocenters. The van der Waals surface area contributed by atoms with Crippen molar-refractivity contribution >= 4 is 35.2 Å². The Morgan fingerprint density at radius 3 is 2.31 bits per heavy atom. The number of likely N-dealkylation sites (tertiary alicyclic amines) is 1. The molecule has 3 saturated carbocycles. The molecule has 54 heavy (non-hydrogen) atoms. The van der Waals surface area contributed by atoms with Gasteiger partial charge in [-0.1, -0.05) is 78.0 Å². The van der Waals surface area contributed by atoms with E-state index in [-0.39, 0.29) is 30.0 Å². The van der Waals surface area contributed by atoms with Crippen LogP contribution in [0, 0.1) is 23.2 Å². The van der Waals surface area contributed by atoms with Crippen LogP contribution in [-0.2, 0) is 24.0 Å². The van der Waals surface area contributed by atoms with E-state index in [2.05, 4.69) is 31.4 Å². The summed E-state index contributed by atoms with van der Waals surface area (Å²) in [6.07, 6.45) is 12.6. The number of ketones is 2. The third kappa shape index (κ3) is 7.89. The van der Waals surface area contributed by atoms with Crippen molar-refractivity contribution in [3.63, 3.8) is 0 Å². The monoisotopic (exact) mass is 743 g/mol. The van der Waals surface area contributed by atoms with Crippen LogP contribution in [-0.4, -0.2) is 79.9 Å². The van der Waals surface area contributed by atoms with Gasteiger partial charge < -0.3 is 25.7 Å². The largest absolute Gasteiger partial charge is 0.406 e. The number of benzene rings is 1. The van der Waals surface area contributed by atoms with E-state index in [1.54, 1.807) is 36.1 Å². The number of nitrogens with one attached hydrogen (secondary N) is 4. The van der Waals surface area contributed by atoms with Crippen LogP contribution >= 0.6 is 0 Å². The third-order valence-corrected chi connectivity index (χ3v) is 11.8. The zero-order valence-corrected chi connectivity index (χ0v) is 31.6. The second-order valence-corrected chi connectivity index (χ2v) is 16.3. The lowest BCUT2D eigenvalue weighted by atomic mass is 9.69. The highest BCUT2D eigenvalue weighted by Crippen LogP contribution is 2.42. The number of rotatable bonds is 12. The molecule has 0 spiro atoms. The van der Waals surface area contributed by atoms with Crippen LogP contribution in [0.25, 0.3) is 0 Å². The minimum atomic E-state index is -1.81. The highest BCUT2D eigenvalue weighted by Gasteiger charge is 2.64. The lowest BCUT2D eigenvalue weighted by molar-refractivity contribution is -0.167. The van der Waals surface area contributed by atoms with Gasteiger partial charge in [0.05, 0.1) is 12.1 Å². The predicted molar refractivity (Wildman–Crippen MR) is 197 cm³/mol. The van der Waals surface area contributed by atoms with Gasteiger partial charge in [-0.05, 0) is 67.9 Å². The lowest BCUT2D eigenvalue weighted by Crippen LogP contribution is -2.80. The molecule has 4 amide bonds. The van der Waals surface area contributed by atoms with E-state index in [1.807, 2.05) is 26.8 Å². The van der Waals surface area contributed by atoms with Gasteiger partial charge in [0.15, 0.2) is 0 Å². The smallest absolute Gasteiger partial charge is 0.272 e. The molecule has 4 fully saturated rings. The van der Waals surface area contributed by atoms with Crippen molar-refractivity contribution < 1.29 is 33.6 Å². The Morgan fingerprint density at radius 2 is 1.65 bits per heavy atom. The number of carbonyl (C=O) groups excluding carboxylic acids is 6. The molecule has 2 heterocycles. The number of nitrogens with zero attached hydrogens (tertiary/aromatic N) is 3. The zero-order valence-electron chi connectivity index (χ0n) is 31.6. The maximum atomic E-state index is 15.0. The van der Waals surface area contributed by atoms with Gasteiger partial charge in [-0.25, -0.2) is 4.98 Å². The summed E-state index contributed by atoms with van der Waals surface area (Å²) in [5, 5.41) is 8.79. The lowest BCUT2D eigenvalue weighted by Gasteiger charge is -2.46. The first-order valence-electron chi connectivity index (χ1n) is 19.4. The zero-order chi connectivity index (χ0) is 38.6. The van der Waals surface area contributed by atoms with Crippen LogP contribution < -0.4 is 26.3 Å². The van der Waals surface area contributed by atoms with Crippen LogP contribution in [0.2, 0.25) is 0 Å². The Morgan fingerprint density at radius 1 is 0.944 bits per heavy atom. The fraction of sp³-hybridized carbons (Fsp3) is 0.600. The molecule has 4 N–H and O–H groups in total. The number of carbonyl (C=O) groups is 6. The predicted octanol–water partition coefficient (Wildman–Crippen LogP) is 3.42. The van der Waals surface area contributed by atoms with Crippen molar-refractivity contribution in [3.8, 4) is 5.75 Å². The van der Waals surface area contributed by atoms with Crippen LogP contribution in [0.5, 0.6) is 5.75 Å². The number of aromatic nitrogens is 2. The van der Waals surface area contributed by atoms with E-state index >= 15 is 4.79 Å². The summed E-state index contributed by atoms with van der Waals surface area (Å²) in [6, 6.07) is 5.49. The molecular weight excluding hydrogens is 690 g/mol. The van der Waals surface area contributed by atoms with Gasteiger partial charge in [-0.15, -0.1) is 5.48 Å². The van der Waals surface area contributed by atoms with Crippen LogP contribution in [0.3, 0.4) is 0 Å². The molecule has 1 saturated heterocycles. The highest BCUT2D eigenvalue weighted by atomic mass is 16.7. The van der Waals surface area contributed by atoms with Crippen molar-refractivity contribution in [2.24, 2.45) is 23.2 Å². The molecular formula is C40H53N7O7. The molecule has 3 aliphatic carbocycles. The summed E-state index contributed by atoms with van der Waals surface area (Å²) in [5.41, 5.74) is 0.214. The van der Waals surface area contributed by atoms with Crippen LogP contribution in [0.1, 0.15) is 109 Å². The summed E-state index contributed by atoms with van der Waals surface area (Å²) in [5.74, 6) is -3.98. The van der Waals surface area contributed by atoms with Gasteiger partial charge in [0.25, 0.3) is 5.91 Å². The third-order valence-electron chi connectivity index (χ3n) is 11.8. The Kier molecular flexibility index (Phi) is 11.8. The molecule has 6 rings (SSSR count). The quantitative estimate of drug-likeness (QED) is 0.143. The van der Waals surface area contributed by atoms with Gasteiger partial charge in [0.1, 0.15) is 29.6 Å². The van der Waals surface area contributed by atoms with E-state index in [1.165, 1.54) is 18.6 Å². The summed E-state index contributed by atoms with van der Waals surface area (Å²) >= 11 is 0. The first kappa shape index (κ1) is 39.0. The molecule has 1 aromatic heterocycles. The van der Waals surface area contributed by atoms with E-state index in [4.69, 9.17) is 4.84 Å². The number of Topliss-reactive ketones (excluding diaryl/α,β-unsaturated/α-hetero) is 2. The number of hydroxylamine groups is 1. The summed E-state index contributed by atoms with van der Waals surface area (Å²) in [7, 11) is 0. The maximum absolute atomic E-state index is 15.0. The first-order chi connectivity index (χ1) is 25.9. The highest BCUT2D eigenvalue weighted by molar-refractivity contribution is 6.49. The Labute approximate surface area is 316 Å². The van der Waals surface area contributed by atoms with Crippen molar-refractivity contribution in [1.29, 1.82) is 0 Å². The molecule has 4 aliphatic rings. The van der Waals surface area contributed by atoms with Crippen molar-refractivity contribution in [1.82, 2.24) is 36.3 Å². The van der Waals surface area contributed by atoms with Gasteiger partial charge in [0, 0.05) is 18.4 Å². The first-order valence-corrected chi connectivity index (χ1v) is 19.4. The standard InChI is InChI=1S/C40H53N7O7/c1-5-27-32(48)34(49)40(27,46-54-26-17-10-7-11-18-26)45-36(51)30-22-25-16-12-13-19-29(25)47(30)38(53)33(39(2,3)4)44-37(52)31(24-14-8-6-9-15-24)43-35(50)28-23-41-20-21-42-28/h7,10-11,17-18,20-21,23-25,27,29-31,33,46H,5-6,8-9,12-16,19,22H2,1-4H3,(H,43,50)(H,44,52)(H,45,51). The van der Waals surface area contributed by atoms with E-state index in [0.29, 0.717) is 18.6 Å². The van der Waals surface area contributed by atoms with E-state index < -0.39 is 70.3 Å². The van der Waals surface area contributed by atoms with Crippen molar-refractivity contribution in [3.05, 3.63) is 54.6 Å². The number of fused-ring (bicyclic) bond motifs is 1. The SMILES string of the molecule is CCC1C(=O)C(=O)C1(NOc1ccccc1)NC(=O)C1CC2CCCCC2N1C(=O)C(NC(=O)C(NC(=O)c1cnccn1)C1CCCCC1)C(C)(C)C. The average Bonchev–Trinajstić information content (AvgIpc) is 3.58. The summed E-state index contributed by atoms with van der Waals surface area (Å²) < 4.78 is 0. The number of hydrogen-bond acceptors (Lipinski definition) is 10. The normalized spacial score (nSPS) is 26.9. The molecule has 7 unspecified atom stereocenters. The molecule has 14 heteroatoms. The number of amides is 4. The van der Waals surface area contributed by atoms with Gasteiger partial charge in [0.2, 0.25) is 35.0 Å².